The number of ketones is 1. The third-order valence-electron chi connectivity index (χ3n) is 6.15. The molecule has 0 saturated carbocycles. The number of hydrogen-bond donors (Lipinski definition) is 1. The minimum atomic E-state index is -3.87. The van der Waals surface area contributed by atoms with Gasteiger partial charge in [-0.05, 0) is 80.3 Å². The molecule has 0 radical (unpaired) electrons. The normalized spacial score (nSPS) is 13.8. The number of halogens is 1. The van der Waals surface area contributed by atoms with E-state index in [1.807, 2.05) is 27.7 Å². The van der Waals surface area contributed by atoms with Gasteiger partial charge in [0.05, 0.1) is 4.90 Å². The summed E-state index contributed by atoms with van der Waals surface area (Å²) >= 11 is 0. The van der Waals surface area contributed by atoms with E-state index in [0.29, 0.717) is 16.7 Å². The van der Waals surface area contributed by atoms with Gasteiger partial charge in [-0.2, -0.15) is 0 Å². The third-order valence-corrected chi connectivity index (χ3v) is 9.86. The monoisotopic (exact) mass is 560 g/mol. The van der Waals surface area contributed by atoms with Crippen molar-refractivity contribution >= 4 is 26.6 Å². The predicted octanol–water partition coefficient (Wildman–Crippen LogP) is 4.37. The average Bonchev–Trinajstić information content (AvgIpc) is 2.84. The van der Waals surface area contributed by atoms with Crippen LogP contribution in [0.2, 0.25) is 0 Å². The maximum atomic E-state index is 13.6. The summed E-state index contributed by atoms with van der Waals surface area (Å²) in [6, 6.07) is 10.7. The van der Waals surface area contributed by atoms with Crippen LogP contribution in [0.4, 0.5) is 4.39 Å². The molecule has 7 nitrogen and oxygen atoms in total. The van der Waals surface area contributed by atoms with Crippen LogP contribution in [-0.4, -0.2) is 40.0 Å². The molecule has 0 aliphatic rings. The maximum absolute atomic E-state index is 13.6. The zero-order valence-corrected chi connectivity index (χ0v) is 24.0. The van der Waals surface area contributed by atoms with E-state index in [1.165, 1.54) is 53.1 Å². The third kappa shape index (κ3) is 6.54. The lowest BCUT2D eigenvalue weighted by atomic mass is 9.89. The zero-order valence-electron chi connectivity index (χ0n) is 22.4. The molecule has 2 atom stereocenters. The first-order chi connectivity index (χ1) is 17.7. The molecule has 1 N–H and O–H groups in total. The van der Waals surface area contributed by atoms with Gasteiger partial charge in [-0.25, -0.2) is 17.5 Å². The van der Waals surface area contributed by atoms with Crippen molar-refractivity contribution in [1.82, 2.24) is 9.29 Å². The van der Waals surface area contributed by atoms with Crippen molar-refractivity contribution in [3.05, 3.63) is 87.6 Å². The summed E-state index contributed by atoms with van der Waals surface area (Å²) in [5.41, 5.74) is 1.46. The van der Waals surface area contributed by atoms with Gasteiger partial charge in [0.25, 0.3) is 5.56 Å². The van der Waals surface area contributed by atoms with E-state index in [9.17, 15) is 26.6 Å². The van der Waals surface area contributed by atoms with Crippen molar-refractivity contribution in [2.24, 2.45) is 7.05 Å². The number of aromatic nitrogens is 1. The van der Waals surface area contributed by atoms with Crippen molar-refractivity contribution in [2.75, 3.05) is 12.3 Å². The van der Waals surface area contributed by atoms with Gasteiger partial charge in [-0.3, -0.25) is 13.8 Å². The summed E-state index contributed by atoms with van der Waals surface area (Å²) in [7, 11) is -3.54. The number of pyridine rings is 1. The summed E-state index contributed by atoms with van der Waals surface area (Å²) in [4.78, 5) is 26.2. The minimum Gasteiger partial charge on any atom is -0.318 e. The second kappa shape index (κ2) is 11.4. The Morgan fingerprint density at radius 2 is 1.71 bits per heavy atom. The number of rotatable bonds is 9. The highest BCUT2D eigenvalue weighted by atomic mass is 32.2. The molecule has 0 aliphatic carbocycles. The Morgan fingerprint density at radius 3 is 2.29 bits per heavy atom. The molecule has 1 heterocycles. The first-order valence-corrected chi connectivity index (χ1v) is 15.0. The molecule has 0 unspecified atom stereocenters. The summed E-state index contributed by atoms with van der Waals surface area (Å²) in [5, 5.41) is 0. The van der Waals surface area contributed by atoms with Gasteiger partial charge in [0.2, 0.25) is 10.0 Å². The topological polar surface area (TPSA) is 102 Å². The van der Waals surface area contributed by atoms with Crippen molar-refractivity contribution < 1.29 is 21.8 Å². The van der Waals surface area contributed by atoms with Crippen LogP contribution < -0.4 is 10.3 Å². The Hall–Kier alpha value is -2.95. The van der Waals surface area contributed by atoms with E-state index in [0.717, 1.165) is 0 Å². The summed E-state index contributed by atoms with van der Waals surface area (Å²) in [6.45, 7) is 9.30. The van der Waals surface area contributed by atoms with E-state index in [4.69, 9.17) is 0 Å². The number of hydrogen-bond acceptors (Lipinski definition) is 5. The van der Waals surface area contributed by atoms with Crippen molar-refractivity contribution in [3.63, 3.8) is 0 Å². The fraction of sp³-hybridized carbons (Fsp3) is 0.357. The predicted molar refractivity (Wildman–Crippen MR) is 149 cm³/mol. The Morgan fingerprint density at radius 1 is 1.08 bits per heavy atom. The summed E-state index contributed by atoms with van der Waals surface area (Å²) < 4.78 is 55.5. The van der Waals surface area contributed by atoms with E-state index >= 15 is 0 Å². The molecule has 0 amide bonds. The van der Waals surface area contributed by atoms with Crippen LogP contribution in [0.3, 0.4) is 0 Å². The molecule has 38 heavy (non-hydrogen) atoms. The van der Waals surface area contributed by atoms with E-state index in [2.05, 4.69) is 4.72 Å². The molecule has 1 aromatic heterocycles. The van der Waals surface area contributed by atoms with Crippen molar-refractivity contribution in [2.45, 2.75) is 50.2 Å². The number of sulfonamides is 1. The Labute approximate surface area is 225 Å². The number of carbonyl (C=O) groups is 1. The second-order valence-electron chi connectivity index (χ2n) is 10.2. The largest absolute Gasteiger partial charge is 0.318 e. The number of carbonyl (C=O) groups excluding carboxylic acids is 1. The summed E-state index contributed by atoms with van der Waals surface area (Å²) in [5.74, 6) is -1.00. The maximum Gasteiger partial charge on any atom is 0.250 e. The molecule has 0 spiro atoms. The van der Waals surface area contributed by atoms with Gasteiger partial charge in [-0.15, -0.1) is 0 Å². The Balaban J connectivity index is 2.31. The highest BCUT2D eigenvalue weighted by Gasteiger charge is 2.26. The highest BCUT2D eigenvalue weighted by Crippen LogP contribution is 2.34. The number of nitrogens with one attached hydrogen (secondary N) is 1. The van der Waals surface area contributed by atoms with Gasteiger partial charge in [0, 0.05) is 63.8 Å². The lowest BCUT2D eigenvalue weighted by Gasteiger charge is -2.23. The van der Waals surface area contributed by atoms with Crippen LogP contribution in [0, 0.1) is 5.82 Å². The van der Waals surface area contributed by atoms with Crippen LogP contribution >= 0.6 is 0 Å². The Bertz CT molecular complexity index is 1540. The standard InChI is InChI=1S/C28H33FN2O5S2/c1-7-30-38(35,36)21-12-13-22(27(33)19-8-10-20(29)11-9-19)24(14-21)25-16-31(6)26(32)15-23(25)18(2)17-37(34)28(3,4)5/h8-16,18,30H,7,17H2,1-6H3/t18-,37-/m1/s1. The van der Waals surface area contributed by atoms with Gasteiger partial charge in [0.15, 0.2) is 5.78 Å². The number of nitrogens with zero attached hydrogens (tertiary/aromatic N) is 1. The van der Waals surface area contributed by atoms with Crippen molar-refractivity contribution in [1.29, 1.82) is 0 Å². The first kappa shape index (κ1) is 29.6. The first-order valence-electron chi connectivity index (χ1n) is 12.2. The molecule has 0 aliphatic heterocycles. The van der Waals surface area contributed by atoms with Gasteiger partial charge in [0.1, 0.15) is 5.82 Å². The van der Waals surface area contributed by atoms with Gasteiger partial charge >= 0.3 is 0 Å². The van der Waals surface area contributed by atoms with Crippen LogP contribution in [0.1, 0.15) is 62.0 Å². The Kier molecular flexibility index (Phi) is 8.90. The molecule has 0 bridgehead atoms. The van der Waals surface area contributed by atoms with Crippen molar-refractivity contribution in [3.8, 4) is 11.1 Å². The fourth-order valence-electron chi connectivity index (χ4n) is 3.99. The van der Waals surface area contributed by atoms with Crippen LogP contribution in [-0.2, 0) is 27.9 Å². The second-order valence-corrected chi connectivity index (χ2v) is 14.2. The van der Waals surface area contributed by atoms with E-state index in [1.54, 1.807) is 20.2 Å². The molecule has 2 aromatic carbocycles. The SMILES string of the molecule is CCNS(=O)(=O)c1ccc(C(=O)c2ccc(F)cc2)c(-c2cn(C)c(=O)cc2[C@H](C)C[S@@](=O)C(C)(C)C)c1. The lowest BCUT2D eigenvalue weighted by molar-refractivity contribution is 0.103. The van der Waals surface area contributed by atoms with Crippen LogP contribution in [0.25, 0.3) is 11.1 Å². The fourth-order valence-corrected chi connectivity index (χ4v) is 6.19. The smallest absolute Gasteiger partial charge is 0.250 e. The molecular formula is C28H33FN2O5S2. The van der Waals surface area contributed by atoms with Gasteiger partial charge in [-0.1, -0.05) is 13.8 Å². The van der Waals surface area contributed by atoms with Crippen LogP contribution in [0.5, 0.6) is 0 Å². The molecule has 204 valence electrons. The molecule has 0 fully saturated rings. The quantitative estimate of drug-likeness (QED) is 0.392. The van der Waals surface area contributed by atoms with E-state index in [-0.39, 0.29) is 39.8 Å². The minimum absolute atomic E-state index is 0.0456. The average molecular weight is 561 g/mol. The number of benzene rings is 2. The molecule has 0 saturated heterocycles. The highest BCUT2D eigenvalue weighted by molar-refractivity contribution is 7.89. The van der Waals surface area contributed by atoms with Gasteiger partial charge < -0.3 is 4.57 Å². The number of aryl methyl sites for hydroxylation is 1. The summed E-state index contributed by atoms with van der Waals surface area (Å²) in [6.07, 6.45) is 1.56. The molecule has 3 aromatic rings. The lowest BCUT2D eigenvalue weighted by Crippen LogP contribution is -2.27. The van der Waals surface area contributed by atoms with E-state index < -0.39 is 37.2 Å². The molecule has 3 rings (SSSR count). The zero-order chi connectivity index (χ0) is 28.4. The van der Waals surface area contributed by atoms with Crippen LogP contribution in [0.15, 0.2) is 64.4 Å². The molecule has 10 heteroatoms. The molecular weight excluding hydrogens is 527 g/mol.